The van der Waals surface area contributed by atoms with Gasteiger partial charge in [-0.05, 0) is 29.8 Å². The predicted molar refractivity (Wildman–Crippen MR) is 70.6 cm³/mol. The van der Waals surface area contributed by atoms with Gasteiger partial charge in [0.1, 0.15) is 17.2 Å². The van der Waals surface area contributed by atoms with E-state index in [-0.39, 0.29) is 23.5 Å². The van der Waals surface area contributed by atoms with E-state index in [1.807, 2.05) is 18.2 Å². The third kappa shape index (κ3) is 2.45. The predicted octanol–water partition coefficient (Wildman–Crippen LogP) is 4.14. The summed E-state index contributed by atoms with van der Waals surface area (Å²) >= 11 is 0. The molecule has 3 aromatic rings. The fraction of sp³-hybridized carbons (Fsp3) is 0.0625. The van der Waals surface area contributed by atoms with Gasteiger partial charge in [0.25, 0.3) is 0 Å². The quantitative estimate of drug-likeness (QED) is 0.671. The summed E-state index contributed by atoms with van der Waals surface area (Å²) in [6, 6.07) is 11.9. The Labute approximate surface area is 113 Å². The number of Topliss-reactive ketones (excluding diaryl/α,β-unsaturated/α-hetero) is 1. The van der Waals surface area contributed by atoms with Crippen LogP contribution in [0.1, 0.15) is 16.1 Å². The van der Waals surface area contributed by atoms with Crippen LogP contribution < -0.4 is 0 Å². The maximum Gasteiger partial charge on any atom is 0.202 e. The van der Waals surface area contributed by atoms with Gasteiger partial charge in [0.2, 0.25) is 5.78 Å². The normalized spacial score (nSPS) is 10.9. The molecule has 20 heavy (non-hydrogen) atoms. The number of hydrogen-bond donors (Lipinski definition) is 0. The minimum Gasteiger partial charge on any atom is -0.453 e. The SMILES string of the molecule is O=C(Cc1cc(F)cc(F)c1)c1cc2ccccc2o1. The number of ketones is 1. The second-order valence-corrected chi connectivity index (χ2v) is 4.53. The third-order valence-corrected chi connectivity index (χ3v) is 2.99. The van der Waals surface area contributed by atoms with Crippen molar-refractivity contribution in [1.29, 1.82) is 0 Å². The molecule has 0 unspecified atom stereocenters. The minimum atomic E-state index is -0.697. The number of benzene rings is 2. The van der Waals surface area contributed by atoms with Crippen LogP contribution in [0.5, 0.6) is 0 Å². The molecular formula is C16H10F2O2. The lowest BCUT2D eigenvalue weighted by atomic mass is 10.1. The first-order valence-electron chi connectivity index (χ1n) is 6.08. The Morgan fingerprint density at radius 2 is 1.70 bits per heavy atom. The van der Waals surface area contributed by atoms with Gasteiger partial charge in [-0.1, -0.05) is 18.2 Å². The highest BCUT2D eigenvalue weighted by molar-refractivity contribution is 5.98. The van der Waals surface area contributed by atoms with E-state index in [9.17, 15) is 13.6 Å². The van der Waals surface area contributed by atoms with Crippen LogP contribution in [0, 0.1) is 11.6 Å². The molecular weight excluding hydrogens is 262 g/mol. The molecule has 2 aromatic carbocycles. The first-order chi connectivity index (χ1) is 9.61. The summed E-state index contributed by atoms with van der Waals surface area (Å²) in [5, 5.41) is 0.821. The van der Waals surface area contributed by atoms with E-state index in [0.29, 0.717) is 5.58 Å². The average Bonchev–Trinajstić information content (AvgIpc) is 2.81. The van der Waals surface area contributed by atoms with Crippen molar-refractivity contribution in [1.82, 2.24) is 0 Å². The van der Waals surface area contributed by atoms with Crippen molar-refractivity contribution in [2.75, 3.05) is 0 Å². The molecule has 1 heterocycles. The molecule has 0 fully saturated rings. The lowest BCUT2D eigenvalue weighted by Gasteiger charge is -2.00. The van der Waals surface area contributed by atoms with Crippen molar-refractivity contribution >= 4 is 16.8 Å². The highest BCUT2D eigenvalue weighted by atomic mass is 19.1. The van der Waals surface area contributed by atoms with Crippen molar-refractivity contribution in [2.24, 2.45) is 0 Å². The van der Waals surface area contributed by atoms with Gasteiger partial charge in [0.05, 0.1) is 0 Å². The molecule has 0 atom stereocenters. The van der Waals surface area contributed by atoms with Gasteiger partial charge in [0, 0.05) is 17.9 Å². The molecule has 0 saturated carbocycles. The van der Waals surface area contributed by atoms with Crippen LogP contribution >= 0.6 is 0 Å². The van der Waals surface area contributed by atoms with Crippen LogP contribution in [0.15, 0.2) is 52.9 Å². The second-order valence-electron chi connectivity index (χ2n) is 4.53. The number of fused-ring (bicyclic) bond motifs is 1. The molecule has 0 saturated heterocycles. The topological polar surface area (TPSA) is 30.2 Å². The van der Waals surface area contributed by atoms with Gasteiger partial charge in [-0.25, -0.2) is 8.78 Å². The van der Waals surface area contributed by atoms with Crippen LogP contribution in [0.25, 0.3) is 11.0 Å². The molecule has 0 bridgehead atoms. The number of carbonyl (C=O) groups is 1. The van der Waals surface area contributed by atoms with Gasteiger partial charge in [-0.3, -0.25) is 4.79 Å². The Hall–Kier alpha value is -2.49. The molecule has 0 aliphatic rings. The monoisotopic (exact) mass is 272 g/mol. The van der Waals surface area contributed by atoms with Crippen molar-refractivity contribution < 1.29 is 18.0 Å². The van der Waals surface area contributed by atoms with Gasteiger partial charge < -0.3 is 4.42 Å². The molecule has 0 amide bonds. The summed E-state index contributed by atoms with van der Waals surface area (Å²) in [5.41, 5.74) is 0.897. The van der Waals surface area contributed by atoms with Gasteiger partial charge in [-0.15, -0.1) is 0 Å². The summed E-state index contributed by atoms with van der Waals surface area (Å²) in [5.74, 6) is -1.52. The minimum absolute atomic E-state index is 0.103. The van der Waals surface area contributed by atoms with Crippen molar-refractivity contribution in [3.05, 3.63) is 71.5 Å². The van der Waals surface area contributed by atoms with E-state index in [4.69, 9.17) is 4.42 Å². The standard InChI is InChI=1S/C16H10F2O2/c17-12-5-10(6-13(18)9-12)7-14(19)16-8-11-3-1-2-4-15(11)20-16/h1-6,8-9H,7H2. The van der Waals surface area contributed by atoms with Crippen LogP contribution in [-0.2, 0) is 6.42 Å². The molecule has 0 radical (unpaired) electrons. The van der Waals surface area contributed by atoms with E-state index in [2.05, 4.69) is 0 Å². The summed E-state index contributed by atoms with van der Waals surface area (Å²) in [7, 11) is 0. The summed E-state index contributed by atoms with van der Waals surface area (Å²) in [4.78, 5) is 12.1. The number of para-hydroxylation sites is 1. The van der Waals surface area contributed by atoms with E-state index in [0.717, 1.165) is 23.6 Å². The van der Waals surface area contributed by atoms with Crippen LogP contribution in [0.3, 0.4) is 0 Å². The van der Waals surface area contributed by atoms with Gasteiger partial charge in [0.15, 0.2) is 5.76 Å². The smallest absolute Gasteiger partial charge is 0.202 e. The zero-order valence-electron chi connectivity index (χ0n) is 10.4. The second kappa shape index (κ2) is 4.89. The van der Waals surface area contributed by atoms with Crippen molar-refractivity contribution in [3.8, 4) is 0 Å². The van der Waals surface area contributed by atoms with Crippen LogP contribution in [0.2, 0.25) is 0 Å². The first kappa shape index (κ1) is 12.5. The number of furan rings is 1. The molecule has 1 aromatic heterocycles. The molecule has 0 aliphatic heterocycles. The Kier molecular flexibility index (Phi) is 3.06. The molecule has 0 spiro atoms. The Bertz CT molecular complexity index is 737. The Balaban J connectivity index is 1.88. The van der Waals surface area contributed by atoms with E-state index < -0.39 is 11.6 Å². The fourth-order valence-electron chi connectivity index (χ4n) is 2.10. The summed E-state index contributed by atoms with van der Waals surface area (Å²) in [6.45, 7) is 0. The third-order valence-electron chi connectivity index (χ3n) is 2.99. The summed E-state index contributed by atoms with van der Waals surface area (Å²) in [6.07, 6.45) is -0.103. The number of hydrogen-bond acceptors (Lipinski definition) is 2. The van der Waals surface area contributed by atoms with Gasteiger partial charge in [-0.2, -0.15) is 0 Å². The number of halogens is 2. The highest BCUT2D eigenvalue weighted by Crippen LogP contribution is 2.20. The van der Waals surface area contributed by atoms with E-state index in [1.165, 1.54) is 0 Å². The zero-order chi connectivity index (χ0) is 14.1. The first-order valence-corrected chi connectivity index (χ1v) is 6.08. The number of carbonyl (C=O) groups excluding carboxylic acids is 1. The Morgan fingerprint density at radius 1 is 1.00 bits per heavy atom. The summed E-state index contributed by atoms with van der Waals surface area (Å²) < 4.78 is 31.6. The Morgan fingerprint density at radius 3 is 2.40 bits per heavy atom. The molecule has 0 N–H and O–H groups in total. The van der Waals surface area contributed by atoms with Crippen molar-refractivity contribution in [2.45, 2.75) is 6.42 Å². The van der Waals surface area contributed by atoms with Crippen LogP contribution in [-0.4, -0.2) is 5.78 Å². The molecule has 0 aliphatic carbocycles. The lowest BCUT2D eigenvalue weighted by Crippen LogP contribution is -2.02. The largest absolute Gasteiger partial charge is 0.453 e. The zero-order valence-corrected chi connectivity index (χ0v) is 10.4. The number of rotatable bonds is 3. The van der Waals surface area contributed by atoms with E-state index >= 15 is 0 Å². The molecule has 3 rings (SSSR count). The molecule has 100 valence electrons. The highest BCUT2D eigenvalue weighted by Gasteiger charge is 2.13. The molecule has 2 nitrogen and oxygen atoms in total. The maximum atomic E-state index is 13.1. The fourth-order valence-corrected chi connectivity index (χ4v) is 2.10. The average molecular weight is 272 g/mol. The van der Waals surface area contributed by atoms with E-state index in [1.54, 1.807) is 12.1 Å². The maximum absolute atomic E-state index is 13.1. The van der Waals surface area contributed by atoms with Gasteiger partial charge >= 0.3 is 0 Å². The molecule has 4 heteroatoms. The van der Waals surface area contributed by atoms with Crippen LogP contribution in [0.4, 0.5) is 8.78 Å². The van der Waals surface area contributed by atoms with Crippen molar-refractivity contribution in [3.63, 3.8) is 0 Å². The lowest BCUT2D eigenvalue weighted by molar-refractivity contribution is 0.0968.